The molecule has 0 saturated heterocycles. The molecule has 0 aliphatic carbocycles. The number of nitriles is 1. The van der Waals surface area contributed by atoms with Crippen LogP contribution >= 0.6 is 27.5 Å². The fraction of sp³-hybridized carbons (Fsp3) is 0.185. The molecule has 0 spiro atoms. The molecule has 0 unspecified atom stereocenters. The number of nitrogens with one attached hydrogen (secondary N) is 1. The number of anilines is 1. The Balaban J connectivity index is 1.87. The third-order valence-corrected chi connectivity index (χ3v) is 5.93. The van der Waals surface area contributed by atoms with E-state index in [1.165, 1.54) is 6.08 Å². The van der Waals surface area contributed by atoms with Gasteiger partial charge in [0.25, 0.3) is 5.91 Å². The first-order valence-electron chi connectivity index (χ1n) is 11.0. The van der Waals surface area contributed by atoms with Gasteiger partial charge in [0.15, 0.2) is 11.5 Å². The summed E-state index contributed by atoms with van der Waals surface area (Å²) < 4.78 is 51.3. The van der Waals surface area contributed by atoms with Crippen LogP contribution in [0.4, 0.5) is 18.9 Å². The first-order valence-corrected chi connectivity index (χ1v) is 12.1. The largest absolute Gasteiger partial charge is 0.490 e. The van der Waals surface area contributed by atoms with Gasteiger partial charge in [0.2, 0.25) is 0 Å². The van der Waals surface area contributed by atoms with Crippen LogP contribution in [0.1, 0.15) is 29.2 Å². The van der Waals surface area contributed by atoms with Crippen molar-refractivity contribution in [2.45, 2.75) is 26.6 Å². The van der Waals surface area contributed by atoms with Crippen LogP contribution in [-0.4, -0.2) is 12.5 Å². The number of ether oxygens (including phenoxy) is 2. The lowest BCUT2D eigenvalue weighted by Crippen LogP contribution is -2.15. The molecule has 0 bridgehead atoms. The van der Waals surface area contributed by atoms with Gasteiger partial charge in [-0.1, -0.05) is 41.4 Å². The number of alkyl halides is 3. The van der Waals surface area contributed by atoms with Gasteiger partial charge in [-0.2, -0.15) is 18.4 Å². The maximum Gasteiger partial charge on any atom is 0.416 e. The zero-order valence-electron chi connectivity index (χ0n) is 19.7. The second-order valence-corrected chi connectivity index (χ2v) is 9.12. The van der Waals surface area contributed by atoms with Gasteiger partial charge in [0.05, 0.1) is 27.4 Å². The third-order valence-electron chi connectivity index (χ3n) is 5.02. The van der Waals surface area contributed by atoms with Crippen LogP contribution in [0.3, 0.4) is 0 Å². The van der Waals surface area contributed by atoms with Crippen molar-refractivity contribution < 1.29 is 27.4 Å². The van der Waals surface area contributed by atoms with Crippen LogP contribution in [0.25, 0.3) is 6.08 Å². The van der Waals surface area contributed by atoms with Crippen molar-refractivity contribution in [1.29, 1.82) is 5.26 Å². The number of carbonyl (C=O) groups excluding carboxylic acids is 1. The monoisotopic (exact) mass is 592 g/mol. The Morgan fingerprint density at radius 3 is 2.57 bits per heavy atom. The van der Waals surface area contributed by atoms with Gasteiger partial charge in [0.1, 0.15) is 18.2 Å². The van der Waals surface area contributed by atoms with E-state index in [2.05, 4.69) is 21.2 Å². The molecule has 3 rings (SSSR count). The highest BCUT2D eigenvalue weighted by molar-refractivity contribution is 9.10. The van der Waals surface area contributed by atoms with Crippen molar-refractivity contribution in [2.75, 3.05) is 11.9 Å². The van der Waals surface area contributed by atoms with Crippen LogP contribution < -0.4 is 14.8 Å². The maximum absolute atomic E-state index is 13.0. The number of amides is 1. The summed E-state index contributed by atoms with van der Waals surface area (Å²) in [6.45, 7) is 4.41. The van der Waals surface area contributed by atoms with E-state index in [1.54, 1.807) is 25.1 Å². The molecule has 3 aromatic rings. The van der Waals surface area contributed by atoms with Gasteiger partial charge >= 0.3 is 6.18 Å². The van der Waals surface area contributed by atoms with Crippen molar-refractivity contribution in [3.8, 4) is 17.6 Å². The van der Waals surface area contributed by atoms with E-state index in [0.717, 1.165) is 23.3 Å². The number of halogens is 5. The molecule has 0 fully saturated rings. The Bertz CT molecular complexity index is 1380. The van der Waals surface area contributed by atoms with E-state index in [0.29, 0.717) is 40.8 Å². The molecule has 0 aliphatic heterocycles. The average molecular weight is 594 g/mol. The number of nitrogens with zero attached hydrogens (tertiary/aromatic N) is 1. The van der Waals surface area contributed by atoms with Gasteiger partial charge in [-0.3, -0.25) is 4.79 Å². The fourth-order valence-corrected chi connectivity index (χ4v) is 4.07. The molecular formula is C27H21BrClF3N2O3. The molecular weight excluding hydrogens is 573 g/mol. The Labute approximate surface area is 225 Å². The quantitative estimate of drug-likeness (QED) is 0.213. The lowest BCUT2D eigenvalue weighted by Gasteiger charge is -2.15. The average Bonchev–Trinajstić information content (AvgIpc) is 2.83. The highest BCUT2D eigenvalue weighted by Crippen LogP contribution is 2.38. The van der Waals surface area contributed by atoms with Gasteiger partial charge in [-0.05, 0) is 77.3 Å². The second-order valence-electron chi connectivity index (χ2n) is 7.86. The molecule has 10 heteroatoms. The second kappa shape index (κ2) is 12.2. The number of hydrogen-bond acceptors (Lipinski definition) is 4. The minimum Gasteiger partial charge on any atom is -0.490 e. The summed E-state index contributed by atoms with van der Waals surface area (Å²) in [5.41, 5.74) is 0.894. The fourth-order valence-electron chi connectivity index (χ4n) is 3.33. The van der Waals surface area contributed by atoms with Crippen molar-refractivity contribution in [3.05, 3.63) is 91.9 Å². The van der Waals surface area contributed by atoms with Crippen molar-refractivity contribution in [3.63, 3.8) is 0 Å². The van der Waals surface area contributed by atoms with Gasteiger partial charge < -0.3 is 14.8 Å². The Hall–Kier alpha value is -3.48. The topological polar surface area (TPSA) is 71.3 Å². The van der Waals surface area contributed by atoms with E-state index in [-0.39, 0.29) is 16.3 Å². The van der Waals surface area contributed by atoms with E-state index >= 15 is 0 Å². The summed E-state index contributed by atoms with van der Waals surface area (Å²) in [6.07, 6.45) is -3.34. The first-order chi connectivity index (χ1) is 17.5. The summed E-state index contributed by atoms with van der Waals surface area (Å²) in [5, 5.41) is 11.7. The Morgan fingerprint density at radius 2 is 1.92 bits per heavy atom. The van der Waals surface area contributed by atoms with Crippen molar-refractivity contribution in [1.82, 2.24) is 0 Å². The summed E-state index contributed by atoms with van der Waals surface area (Å²) in [7, 11) is 0. The number of carbonyl (C=O) groups is 1. The van der Waals surface area contributed by atoms with Crippen molar-refractivity contribution >= 4 is 45.2 Å². The molecule has 3 aromatic carbocycles. The smallest absolute Gasteiger partial charge is 0.416 e. The molecule has 0 aromatic heterocycles. The van der Waals surface area contributed by atoms with Crippen molar-refractivity contribution in [2.24, 2.45) is 0 Å². The Morgan fingerprint density at radius 1 is 1.16 bits per heavy atom. The normalized spacial score (nSPS) is 11.6. The standard InChI is InChI=1S/C27H21BrClF3N2O3/c1-3-36-24-12-18(11-21(28)25(24)37-15-17-6-4-5-16(2)9-17)10-19(14-33)26(35)34-23-13-20(27(30,31)32)7-8-22(23)29/h4-13H,3,15H2,1-2H3,(H,34,35)/b19-10+. The molecule has 5 nitrogen and oxygen atoms in total. The molecule has 192 valence electrons. The van der Waals surface area contributed by atoms with Crippen LogP contribution in [-0.2, 0) is 17.6 Å². The molecule has 1 amide bonds. The molecule has 0 atom stereocenters. The third kappa shape index (κ3) is 7.51. The minimum atomic E-state index is -4.62. The lowest BCUT2D eigenvalue weighted by molar-refractivity contribution is -0.137. The first kappa shape index (κ1) is 28.1. The molecule has 1 N–H and O–H groups in total. The predicted octanol–water partition coefficient (Wildman–Crippen LogP) is 7.95. The summed E-state index contributed by atoms with van der Waals surface area (Å²) >= 11 is 9.41. The molecule has 37 heavy (non-hydrogen) atoms. The van der Waals surface area contributed by atoms with Crippen LogP contribution in [0.15, 0.2) is 64.6 Å². The highest BCUT2D eigenvalue weighted by atomic mass is 79.9. The van der Waals surface area contributed by atoms with E-state index in [4.69, 9.17) is 21.1 Å². The zero-order valence-corrected chi connectivity index (χ0v) is 22.1. The van der Waals surface area contributed by atoms with Crippen LogP contribution in [0.2, 0.25) is 5.02 Å². The molecule has 0 saturated carbocycles. The number of rotatable bonds is 8. The van der Waals surface area contributed by atoms with Gasteiger partial charge in [0, 0.05) is 0 Å². The Kier molecular flexibility index (Phi) is 9.24. The number of benzene rings is 3. The summed E-state index contributed by atoms with van der Waals surface area (Å²) in [4.78, 5) is 12.7. The number of hydrogen-bond donors (Lipinski definition) is 1. The van der Waals surface area contributed by atoms with E-state index < -0.39 is 17.6 Å². The predicted molar refractivity (Wildman–Crippen MR) is 139 cm³/mol. The lowest BCUT2D eigenvalue weighted by atomic mass is 10.1. The van der Waals surface area contributed by atoms with Gasteiger partial charge in [-0.15, -0.1) is 0 Å². The van der Waals surface area contributed by atoms with Crippen LogP contribution in [0, 0.1) is 18.3 Å². The molecule has 0 heterocycles. The maximum atomic E-state index is 13.0. The zero-order chi connectivity index (χ0) is 27.2. The SMILES string of the molecule is CCOc1cc(/C=C(\C#N)C(=O)Nc2cc(C(F)(F)F)ccc2Cl)cc(Br)c1OCc1cccc(C)c1. The summed E-state index contributed by atoms with van der Waals surface area (Å²) in [5.74, 6) is -0.0915. The molecule has 0 radical (unpaired) electrons. The van der Waals surface area contributed by atoms with E-state index in [1.807, 2.05) is 31.2 Å². The highest BCUT2D eigenvalue weighted by Gasteiger charge is 2.31. The van der Waals surface area contributed by atoms with Gasteiger partial charge in [-0.25, -0.2) is 0 Å². The summed E-state index contributed by atoms with van der Waals surface area (Å²) in [6, 6.07) is 15.4. The van der Waals surface area contributed by atoms with Crippen LogP contribution in [0.5, 0.6) is 11.5 Å². The molecule has 0 aliphatic rings. The number of aryl methyl sites for hydroxylation is 1. The van der Waals surface area contributed by atoms with E-state index in [9.17, 15) is 23.2 Å². The minimum absolute atomic E-state index is 0.102.